The average Bonchev–Trinajstić information content (AvgIpc) is 2.97. The molecule has 1 amide bonds. The molecule has 1 atom stereocenters. The first-order valence-electron chi connectivity index (χ1n) is 14.4. The fourth-order valence-electron chi connectivity index (χ4n) is 4.94. The van der Waals surface area contributed by atoms with Gasteiger partial charge in [-0.05, 0) is 86.5 Å². The molecule has 0 aliphatic carbocycles. The SMILES string of the molecule is O=C(Cc1cccc(F)c1)N[C@@H](CCN(CCCCc1ccc2c(n1)NCCC2)CCOc1ccccc1)C(=O)O. The van der Waals surface area contributed by atoms with Crippen molar-refractivity contribution in [1.82, 2.24) is 15.2 Å². The third kappa shape index (κ3) is 10.2. The van der Waals surface area contributed by atoms with E-state index in [1.54, 1.807) is 6.07 Å². The molecule has 0 radical (unpaired) electrons. The fraction of sp³-hybridized carbons (Fsp3) is 0.406. The van der Waals surface area contributed by atoms with Crippen molar-refractivity contribution in [2.75, 3.05) is 38.1 Å². The number of amides is 1. The average molecular weight is 563 g/mol. The number of benzene rings is 2. The lowest BCUT2D eigenvalue weighted by atomic mass is 10.1. The van der Waals surface area contributed by atoms with Gasteiger partial charge < -0.3 is 20.5 Å². The standard InChI is InChI=1S/C32H39FN4O4/c33-26-10-6-8-24(22-26)23-30(38)36-29(32(39)40)16-19-37(20-21-41-28-12-2-1-3-13-28)18-5-4-11-27-15-14-25-9-7-17-34-31(25)35-27/h1-3,6,8,10,12-15,22,29H,4-5,7,9,11,16-21,23H2,(H,34,35)(H,36,38)(H,39,40)/t29-/m0/s1. The Hall–Kier alpha value is -3.98. The highest BCUT2D eigenvalue weighted by Crippen LogP contribution is 2.20. The molecule has 0 spiro atoms. The largest absolute Gasteiger partial charge is 0.492 e. The Bertz CT molecular complexity index is 1270. The van der Waals surface area contributed by atoms with Crippen molar-refractivity contribution in [3.63, 3.8) is 0 Å². The van der Waals surface area contributed by atoms with Crippen LogP contribution in [-0.4, -0.2) is 65.7 Å². The summed E-state index contributed by atoms with van der Waals surface area (Å²) in [5, 5.41) is 15.8. The number of aliphatic carboxylic acids is 1. The number of fused-ring (bicyclic) bond motifs is 1. The molecule has 0 bridgehead atoms. The number of aryl methyl sites for hydroxylation is 2. The third-order valence-electron chi connectivity index (χ3n) is 7.15. The summed E-state index contributed by atoms with van der Waals surface area (Å²) in [6.45, 7) is 3.30. The summed E-state index contributed by atoms with van der Waals surface area (Å²) in [4.78, 5) is 31.4. The van der Waals surface area contributed by atoms with Gasteiger partial charge in [-0.2, -0.15) is 0 Å². The summed E-state index contributed by atoms with van der Waals surface area (Å²) in [5.74, 6) is -0.183. The second-order valence-electron chi connectivity index (χ2n) is 10.4. The van der Waals surface area contributed by atoms with Crippen LogP contribution in [0.25, 0.3) is 0 Å². The van der Waals surface area contributed by atoms with Crippen LogP contribution in [0.3, 0.4) is 0 Å². The summed E-state index contributed by atoms with van der Waals surface area (Å²) in [5.41, 5.74) is 2.85. The molecule has 9 heteroatoms. The zero-order valence-corrected chi connectivity index (χ0v) is 23.4. The third-order valence-corrected chi connectivity index (χ3v) is 7.15. The highest BCUT2D eigenvalue weighted by Gasteiger charge is 2.21. The lowest BCUT2D eigenvalue weighted by Gasteiger charge is -2.24. The number of ether oxygens (including phenoxy) is 1. The first-order chi connectivity index (χ1) is 20.0. The van der Waals surface area contributed by atoms with E-state index in [0.717, 1.165) is 62.5 Å². The molecular weight excluding hydrogens is 523 g/mol. The minimum atomic E-state index is -1.09. The van der Waals surface area contributed by atoms with Crippen molar-refractivity contribution in [2.24, 2.45) is 0 Å². The van der Waals surface area contributed by atoms with E-state index in [4.69, 9.17) is 9.72 Å². The summed E-state index contributed by atoms with van der Waals surface area (Å²) < 4.78 is 19.4. The van der Waals surface area contributed by atoms with E-state index in [0.29, 0.717) is 25.3 Å². The number of nitrogens with one attached hydrogen (secondary N) is 2. The molecule has 218 valence electrons. The molecule has 4 rings (SSSR count). The maximum absolute atomic E-state index is 13.5. The molecular formula is C32H39FN4O4. The van der Waals surface area contributed by atoms with Gasteiger partial charge in [-0.1, -0.05) is 36.4 Å². The molecule has 2 heterocycles. The normalized spacial score (nSPS) is 13.2. The number of hydrogen-bond acceptors (Lipinski definition) is 6. The first kappa shape index (κ1) is 30.0. The first-order valence-corrected chi connectivity index (χ1v) is 14.4. The Morgan fingerprint density at radius 2 is 1.90 bits per heavy atom. The topological polar surface area (TPSA) is 104 Å². The summed E-state index contributed by atoms with van der Waals surface area (Å²) in [7, 11) is 0. The van der Waals surface area contributed by atoms with Crippen LogP contribution < -0.4 is 15.4 Å². The molecule has 0 unspecified atom stereocenters. The zero-order valence-electron chi connectivity index (χ0n) is 23.4. The van der Waals surface area contributed by atoms with Gasteiger partial charge in [0.2, 0.25) is 5.91 Å². The molecule has 1 aliphatic rings. The van der Waals surface area contributed by atoms with Crippen LogP contribution in [0, 0.1) is 5.82 Å². The fourth-order valence-corrected chi connectivity index (χ4v) is 4.94. The highest BCUT2D eigenvalue weighted by atomic mass is 19.1. The monoisotopic (exact) mass is 562 g/mol. The zero-order chi connectivity index (χ0) is 28.9. The molecule has 41 heavy (non-hydrogen) atoms. The Morgan fingerprint density at radius 3 is 2.71 bits per heavy atom. The van der Waals surface area contributed by atoms with Crippen LogP contribution in [0.5, 0.6) is 5.75 Å². The molecule has 2 aromatic carbocycles. The summed E-state index contributed by atoms with van der Waals surface area (Å²) in [6.07, 6.45) is 5.11. The van der Waals surface area contributed by atoms with Gasteiger partial charge in [-0.25, -0.2) is 14.2 Å². The van der Waals surface area contributed by atoms with E-state index >= 15 is 0 Å². The molecule has 0 fully saturated rings. The van der Waals surface area contributed by atoms with E-state index in [2.05, 4.69) is 27.7 Å². The van der Waals surface area contributed by atoms with E-state index in [9.17, 15) is 19.1 Å². The van der Waals surface area contributed by atoms with Gasteiger partial charge in [0.25, 0.3) is 0 Å². The number of nitrogens with zero attached hydrogens (tertiary/aromatic N) is 2. The predicted molar refractivity (Wildman–Crippen MR) is 157 cm³/mol. The van der Waals surface area contributed by atoms with Crippen LogP contribution in [-0.2, 0) is 28.9 Å². The molecule has 3 N–H and O–H groups in total. The van der Waals surface area contributed by atoms with Gasteiger partial charge in [0.05, 0.1) is 6.42 Å². The number of carbonyl (C=O) groups is 2. The van der Waals surface area contributed by atoms with Gasteiger partial charge in [-0.15, -0.1) is 0 Å². The number of halogens is 1. The van der Waals surface area contributed by atoms with Crippen LogP contribution in [0.4, 0.5) is 10.2 Å². The van der Waals surface area contributed by atoms with Crippen LogP contribution >= 0.6 is 0 Å². The Labute approximate surface area is 240 Å². The van der Waals surface area contributed by atoms with E-state index in [-0.39, 0.29) is 12.8 Å². The number of anilines is 1. The van der Waals surface area contributed by atoms with Gasteiger partial charge >= 0.3 is 5.97 Å². The molecule has 1 aliphatic heterocycles. The van der Waals surface area contributed by atoms with Crippen molar-refractivity contribution < 1.29 is 23.8 Å². The number of carboxylic acid groups (broad SMARTS) is 1. The number of unbranched alkanes of at least 4 members (excludes halogenated alkanes) is 1. The van der Waals surface area contributed by atoms with Gasteiger partial charge in [0.1, 0.15) is 30.0 Å². The van der Waals surface area contributed by atoms with Gasteiger partial charge in [0.15, 0.2) is 0 Å². The summed E-state index contributed by atoms with van der Waals surface area (Å²) >= 11 is 0. The lowest BCUT2D eigenvalue weighted by Crippen LogP contribution is -2.44. The summed E-state index contributed by atoms with van der Waals surface area (Å²) in [6, 6.07) is 18.6. The highest BCUT2D eigenvalue weighted by molar-refractivity contribution is 5.84. The number of carboxylic acids is 1. The molecule has 1 aromatic heterocycles. The van der Waals surface area contributed by atoms with Gasteiger partial charge in [-0.3, -0.25) is 9.69 Å². The van der Waals surface area contributed by atoms with Crippen LogP contribution in [0.2, 0.25) is 0 Å². The minimum absolute atomic E-state index is 0.0809. The van der Waals surface area contributed by atoms with Crippen LogP contribution in [0.15, 0.2) is 66.7 Å². The van der Waals surface area contributed by atoms with Gasteiger partial charge in [0, 0.05) is 25.3 Å². The second kappa shape index (κ2) is 15.7. The smallest absolute Gasteiger partial charge is 0.326 e. The Balaban J connectivity index is 1.28. The second-order valence-corrected chi connectivity index (χ2v) is 10.4. The molecule has 3 aromatic rings. The number of rotatable bonds is 16. The van der Waals surface area contributed by atoms with Crippen molar-refractivity contribution in [3.05, 3.63) is 89.4 Å². The maximum atomic E-state index is 13.5. The molecule has 0 saturated carbocycles. The van der Waals surface area contributed by atoms with E-state index in [1.807, 2.05) is 30.3 Å². The van der Waals surface area contributed by atoms with Crippen molar-refractivity contribution in [2.45, 2.75) is 51.0 Å². The van der Waals surface area contributed by atoms with Crippen molar-refractivity contribution >= 4 is 17.7 Å². The Morgan fingerprint density at radius 1 is 1.05 bits per heavy atom. The number of para-hydroxylation sites is 1. The van der Waals surface area contributed by atoms with E-state index < -0.39 is 23.7 Å². The lowest BCUT2D eigenvalue weighted by molar-refractivity contribution is -0.142. The number of aromatic nitrogens is 1. The van der Waals surface area contributed by atoms with E-state index in [1.165, 1.54) is 23.8 Å². The number of pyridine rings is 1. The van der Waals surface area contributed by atoms with Crippen molar-refractivity contribution in [1.29, 1.82) is 0 Å². The Kier molecular flexibility index (Phi) is 11.5. The molecule has 0 saturated heterocycles. The number of hydrogen-bond donors (Lipinski definition) is 3. The quantitative estimate of drug-likeness (QED) is 0.221. The number of carbonyl (C=O) groups excluding carboxylic acids is 1. The minimum Gasteiger partial charge on any atom is -0.492 e. The van der Waals surface area contributed by atoms with Crippen molar-refractivity contribution in [3.8, 4) is 5.75 Å². The molecule has 8 nitrogen and oxygen atoms in total. The van der Waals surface area contributed by atoms with Crippen LogP contribution in [0.1, 0.15) is 42.5 Å². The maximum Gasteiger partial charge on any atom is 0.326 e. The predicted octanol–water partition coefficient (Wildman–Crippen LogP) is 4.48.